The molecule has 0 aliphatic carbocycles. The predicted molar refractivity (Wildman–Crippen MR) is 199 cm³/mol. The van der Waals surface area contributed by atoms with Crippen LogP contribution >= 0.6 is 0 Å². The Hall–Kier alpha value is -5.98. The van der Waals surface area contributed by atoms with E-state index >= 15 is 0 Å². The van der Waals surface area contributed by atoms with Gasteiger partial charge in [-0.1, -0.05) is 169 Å². The lowest BCUT2D eigenvalue weighted by molar-refractivity contribution is 1.61. The molecule has 212 valence electrons. The van der Waals surface area contributed by atoms with Gasteiger partial charge in [-0.25, -0.2) is 0 Å². The summed E-state index contributed by atoms with van der Waals surface area (Å²) in [5.41, 5.74) is -2.23. The van der Waals surface area contributed by atoms with Crippen LogP contribution in [0.4, 0.5) is 0 Å². The SMILES string of the molecule is [2H]c1c([2H])c([2H])c(-c2c([2H])c([2H])c([2H])c([2H])c2-c2c3c([2H])c([2H])c([2H])c([2H])c3c(-c3ccc4ccc5cccc6ccc3c4c56)c3c2c([2H])c([2H])c2c([2H])c([2H])c([2H])c([2H])c23)c([2H])c1[2H]. The Morgan fingerprint density at radius 1 is 0.304 bits per heavy atom. The van der Waals surface area contributed by atoms with Gasteiger partial charge < -0.3 is 0 Å². The van der Waals surface area contributed by atoms with Crippen LogP contribution in [0.5, 0.6) is 0 Å². The van der Waals surface area contributed by atoms with Gasteiger partial charge in [0.25, 0.3) is 0 Å². The van der Waals surface area contributed by atoms with Crippen molar-refractivity contribution in [2.75, 3.05) is 0 Å². The van der Waals surface area contributed by atoms with Crippen molar-refractivity contribution >= 4 is 64.6 Å². The molecule has 10 rings (SSSR count). The molecule has 0 atom stereocenters. The molecule has 0 aromatic heterocycles. The summed E-state index contributed by atoms with van der Waals surface area (Å²) in [4.78, 5) is 0. The van der Waals surface area contributed by atoms with Gasteiger partial charge in [0.1, 0.15) is 0 Å². The van der Waals surface area contributed by atoms with Crippen molar-refractivity contribution in [3.05, 3.63) is 169 Å². The molecule has 46 heavy (non-hydrogen) atoms. The molecule has 0 N–H and O–H groups in total. The van der Waals surface area contributed by atoms with Gasteiger partial charge in [0, 0.05) is 0 Å². The number of benzene rings is 10. The monoisotopic (exact) mass is 599 g/mol. The minimum absolute atomic E-state index is 0.0302. The Labute approximate surface area is 293 Å². The zero-order valence-electron chi connectivity index (χ0n) is 42.7. The Kier molecular flexibility index (Phi) is 2.79. The van der Waals surface area contributed by atoms with Gasteiger partial charge in [0.15, 0.2) is 0 Å². The molecule has 0 aliphatic rings. The third-order valence-electron chi connectivity index (χ3n) is 8.67. The molecule has 0 nitrogen and oxygen atoms in total. The highest BCUT2D eigenvalue weighted by Crippen LogP contribution is 2.50. The zero-order valence-corrected chi connectivity index (χ0v) is 23.7. The van der Waals surface area contributed by atoms with Gasteiger partial charge in [0.2, 0.25) is 0 Å². The van der Waals surface area contributed by atoms with Crippen LogP contribution in [-0.2, 0) is 0 Å². The van der Waals surface area contributed by atoms with E-state index < -0.39 is 153 Å². The average Bonchev–Trinajstić information content (AvgIpc) is 3.30. The molecule has 0 saturated heterocycles. The van der Waals surface area contributed by atoms with Gasteiger partial charge in [-0.3, -0.25) is 0 Å². The number of fused-ring (bicyclic) bond motifs is 4. The van der Waals surface area contributed by atoms with E-state index in [4.69, 9.17) is 16.4 Å². The number of rotatable bonds is 3. The minimum atomic E-state index is -0.891. The van der Waals surface area contributed by atoms with Gasteiger partial charge >= 0.3 is 0 Å². The Morgan fingerprint density at radius 2 is 0.913 bits per heavy atom. The summed E-state index contributed by atoms with van der Waals surface area (Å²) in [7, 11) is 0. The first kappa shape index (κ1) is 13.2. The fourth-order valence-corrected chi connectivity index (χ4v) is 6.82. The van der Waals surface area contributed by atoms with E-state index in [1.807, 2.05) is 42.5 Å². The molecule has 0 heterocycles. The topological polar surface area (TPSA) is 0 Å². The highest BCUT2D eigenvalue weighted by Gasteiger charge is 2.22. The summed E-state index contributed by atoms with van der Waals surface area (Å²) in [6.07, 6.45) is 0. The van der Waals surface area contributed by atoms with E-state index in [2.05, 4.69) is 0 Å². The highest BCUT2D eigenvalue weighted by molar-refractivity contribution is 6.32. The molecule has 0 spiro atoms. The smallest absolute Gasteiger partial charge is 0.0622 e. The van der Waals surface area contributed by atoms with E-state index in [0.717, 1.165) is 26.9 Å². The van der Waals surface area contributed by atoms with Crippen molar-refractivity contribution in [1.29, 1.82) is 0 Å². The summed E-state index contributed by atoms with van der Waals surface area (Å²) >= 11 is 0. The summed E-state index contributed by atoms with van der Waals surface area (Å²) in [5.74, 6) is 0. The zero-order chi connectivity index (χ0) is 46.7. The summed E-state index contributed by atoms with van der Waals surface area (Å²) in [6.45, 7) is 0. The van der Waals surface area contributed by atoms with Gasteiger partial charge in [-0.15, -0.1) is 0 Å². The largest absolute Gasteiger partial charge is 0.0630 e. The molecule has 0 aliphatic heterocycles. The Morgan fingerprint density at radius 3 is 1.72 bits per heavy atom. The molecule has 10 aromatic carbocycles. The molecule has 0 unspecified atom stereocenters. The average molecular weight is 600 g/mol. The standard InChI is InChI=1S/C46H28/c1-2-11-29(12-3-1)34-16-6-7-18-36(34)44-37-19-8-9-20-38(37)46(45-35-17-5-4-13-30(35)23-28-41(44)45)40-27-25-33-22-21-31-14-10-15-32-24-26-39(40)43(33)42(31)32/h1-28H/i1D,2D,3D,4D,5D,6D,7D,8D,9D,11D,12D,13D,16D,17D,18D,19D,20D,23D,28D. The molecule has 0 heteroatoms. The van der Waals surface area contributed by atoms with Crippen LogP contribution in [0.1, 0.15) is 26.0 Å². The van der Waals surface area contributed by atoms with E-state index in [9.17, 15) is 9.60 Å². The second kappa shape index (κ2) is 9.76. The molecule has 0 bridgehead atoms. The molecule has 10 aromatic rings. The Bertz CT molecular complexity index is 3830. The van der Waals surface area contributed by atoms with Crippen molar-refractivity contribution in [3.63, 3.8) is 0 Å². The summed E-state index contributed by atoms with van der Waals surface area (Å²) in [6, 6.07) is 1.80. The summed E-state index contributed by atoms with van der Waals surface area (Å²) < 4.78 is 172. The second-order valence-electron chi connectivity index (χ2n) is 11.0. The van der Waals surface area contributed by atoms with Gasteiger partial charge in [-0.05, 0) is 98.0 Å². The predicted octanol–water partition coefficient (Wildman–Crippen LogP) is 13.0. The van der Waals surface area contributed by atoms with Crippen LogP contribution in [0, 0.1) is 0 Å². The van der Waals surface area contributed by atoms with Crippen LogP contribution in [0.25, 0.3) is 98.0 Å². The van der Waals surface area contributed by atoms with Crippen LogP contribution < -0.4 is 0 Å². The van der Waals surface area contributed by atoms with Crippen LogP contribution in [0.15, 0.2) is 169 Å². The number of hydrogen-bond donors (Lipinski definition) is 0. The van der Waals surface area contributed by atoms with E-state index in [1.54, 1.807) is 12.1 Å². The molecule has 0 saturated carbocycles. The summed E-state index contributed by atoms with van der Waals surface area (Å²) in [5, 5.41) is 2.67. The normalized spacial score (nSPS) is 17.7. The first-order valence-electron chi connectivity index (χ1n) is 24.0. The maximum absolute atomic E-state index is 9.83. The minimum Gasteiger partial charge on any atom is -0.0622 e. The molecule has 0 radical (unpaired) electrons. The quantitative estimate of drug-likeness (QED) is 0.140. The second-order valence-corrected chi connectivity index (χ2v) is 11.0. The first-order chi connectivity index (χ1) is 30.7. The van der Waals surface area contributed by atoms with Crippen molar-refractivity contribution in [2.24, 2.45) is 0 Å². The number of hydrogen-bond acceptors (Lipinski definition) is 0. The lowest BCUT2D eigenvalue weighted by Gasteiger charge is -2.22. The van der Waals surface area contributed by atoms with Crippen LogP contribution in [0.2, 0.25) is 0 Å². The van der Waals surface area contributed by atoms with Crippen molar-refractivity contribution in [2.45, 2.75) is 0 Å². The van der Waals surface area contributed by atoms with E-state index in [1.165, 1.54) is 0 Å². The fourth-order valence-electron chi connectivity index (χ4n) is 6.82. The van der Waals surface area contributed by atoms with Gasteiger partial charge in [0.05, 0.1) is 26.0 Å². The van der Waals surface area contributed by atoms with E-state index in [-0.39, 0.29) is 21.7 Å². The molecular formula is C46H28. The lowest BCUT2D eigenvalue weighted by Crippen LogP contribution is -1.94. The first-order valence-corrected chi connectivity index (χ1v) is 14.5. The fraction of sp³-hybridized carbons (Fsp3) is 0. The molecular weight excluding hydrogens is 553 g/mol. The van der Waals surface area contributed by atoms with Gasteiger partial charge in [-0.2, -0.15) is 0 Å². The third-order valence-corrected chi connectivity index (χ3v) is 8.67. The highest BCUT2D eigenvalue weighted by atomic mass is 14.2. The Balaban J connectivity index is 1.61. The van der Waals surface area contributed by atoms with E-state index in [0.29, 0.717) is 10.9 Å². The third kappa shape index (κ3) is 3.56. The van der Waals surface area contributed by atoms with Crippen LogP contribution in [0.3, 0.4) is 0 Å². The van der Waals surface area contributed by atoms with Crippen molar-refractivity contribution < 1.29 is 26.0 Å². The van der Waals surface area contributed by atoms with Crippen molar-refractivity contribution in [3.8, 4) is 33.4 Å². The van der Waals surface area contributed by atoms with Crippen LogP contribution in [-0.4, -0.2) is 0 Å². The maximum Gasteiger partial charge on any atom is 0.0630 e. The molecule has 0 fully saturated rings. The molecule has 0 amide bonds. The lowest BCUT2D eigenvalue weighted by atomic mass is 9.81. The van der Waals surface area contributed by atoms with Crippen molar-refractivity contribution in [1.82, 2.24) is 0 Å². The maximum atomic E-state index is 9.83.